The Morgan fingerprint density at radius 1 is 1.14 bits per heavy atom. The molecule has 0 fully saturated rings. The number of carbonyl (C=O) groups excluding carboxylic acids is 1. The van der Waals surface area contributed by atoms with E-state index >= 15 is 0 Å². The maximum absolute atomic E-state index is 12.0. The van der Waals surface area contributed by atoms with Crippen LogP contribution in [0.3, 0.4) is 0 Å². The molecule has 2 aromatic carbocycles. The molecule has 0 atom stereocenters. The predicted molar refractivity (Wildman–Crippen MR) is 112 cm³/mol. The highest BCUT2D eigenvalue weighted by molar-refractivity contribution is 9.10. The fraction of sp³-hybridized carbons (Fsp3) is 0.238. The maximum Gasteiger partial charge on any atom is 0.411 e. The number of rotatable bonds is 6. The average Bonchev–Trinajstić information content (AvgIpc) is 2.63. The van der Waals surface area contributed by atoms with E-state index in [2.05, 4.69) is 38.3 Å². The van der Waals surface area contributed by atoms with Gasteiger partial charge in [-0.25, -0.2) is 9.59 Å². The molecule has 6 nitrogen and oxygen atoms in total. The van der Waals surface area contributed by atoms with Gasteiger partial charge in [0.1, 0.15) is 5.58 Å². The number of anilines is 1. The summed E-state index contributed by atoms with van der Waals surface area (Å²) in [4.78, 5) is 25.7. The van der Waals surface area contributed by atoms with E-state index in [1.165, 1.54) is 11.6 Å². The summed E-state index contributed by atoms with van der Waals surface area (Å²) in [6.45, 7) is 3.35. The van der Waals surface area contributed by atoms with Gasteiger partial charge in [-0.1, -0.05) is 28.1 Å². The number of carbonyl (C=O) groups is 1. The number of amides is 1. The Kier molecular flexibility index (Phi) is 6.49. The Labute approximate surface area is 171 Å². The SMILES string of the molecule is CCOC(=O)Nc1ccc2c(CN(C)Cc3ccc(Br)cc3)cc(=O)oc2c1. The summed E-state index contributed by atoms with van der Waals surface area (Å²) in [6, 6.07) is 14.9. The van der Waals surface area contributed by atoms with E-state index in [0.717, 1.165) is 22.0 Å². The van der Waals surface area contributed by atoms with Crippen LogP contribution < -0.4 is 10.9 Å². The highest BCUT2D eigenvalue weighted by Crippen LogP contribution is 2.23. The molecule has 28 heavy (non-hydrogen) atoms. The van der Waals surface area contributed by atoms with Crippen molar-refractivity contribution >= 4 is 38.7 Å². The Morgan fingerprint density at radius 3 is 2.61 bits per heavy atom. The van der Waals surface area contributed by atoms with E-state index in [4.69, 9.17) is 9.15 Å². The van der Waals surface area contributed by atoms with Gasteiger partial charge in [-0.15, -0.1) is 0 Å². The van der Waals surface area contributed by atoms with Gasteiger partial charge in [0.15, 0.2) is 0 Å². The van der Waals surface area contributed by atoms with Crippen LogP contribution >= 0.6 is 15.9 Å². The van der Waals surface area contributed by atoms with Crippen molar-refractivity contribution in [2.24, 2.45) is 0 Å². The predicted octanol–water partition coefficient (Wildman–Crippen LogP) is 4.76. The normalized spacial score (nSPS) is 11.0. The van der Waals surface area contributed by atoms with Gasteiger partial charge in [0.2, 0.25) is 0 Å². The first-order valence-corrected chi connectivity index (χ1v) is 9.67. The van der Waals surface area contributed by atoms with Gasteiger partial charge < -0.3 is 9.15 Å². The zero-order chi connectivity index (χ0) is 20.1. The average molecular weight is 445 g/mol. The standard InChI is InChI=1S/C21H21BrN2O4/c1-3-27-21(26)23-17-8-9-18-15(10-20(25)28-19(18)11-17)13-24(2)12-14-4-6-16(22)7-5-14/h4-11H,3,12-13H2,1-2H3,(H,23,26). The molecule has 7 heteroatoms. The lowest BCUT2D eigenvalue weighted by Gasteiger charge is -2.18. The van der Waals surface area contributed by atoms with Gasteiger partial charge in [0.25, 0.3) is 0 Å². The summed E-state index contributed by atoms with van der Waals surface area (Å²) in [5, 5.41) is 3.44. The minimum atomic E-state index is -0.547. The second kappa shape index (κ2) is 9.03. The second-order valence-electron chi connectivity index (χ2n) is 6.45. The van der Waals surface area contributed by atoms with Crippen LogP contribution in [0.1, 0.15) is 18.1 Å². The minimum absolute atomic E-state index is 0.281. The zero-order valence-corrected chi connectivity index (χ0v) is 17.3. The molecule has 3 rings (SSSR count). The number of benzene rings is 2. The van der Waals surface area contributed by atoms with E-state index < -0.39 is 11.7 Å². The molecule has 0 saturated carbocycles. The number of nitrogens with zero attached hydrogens (tertiary/aromatic N) is 1. The zero-order valence-electron chi connectivity index (χ0n) is 15.7. The molecule has 0 radical (unpaired) electrons. The van der Waals surface area contributed by atoms with Gasteiger partial charge in [-0.05, 0) is 49.4 Å². The molecule has 1 heterocycles. The molecular weight excluding hydrogens is 424 g/mol. The van der Waals surface area contributed by atoms with Crippen molar-refractivity contribution in [2.75, 3.05) is 19.0 Å². The molecule has 0 saturated heterocycles. The fourth-order valence-corrected chi connectivity index (χ4v) is 3.24. The monoisotopic (exact) mass is 444 g/mol. The fourth-order valence-electron chi connectivity index (χ4n) is 2.97. The number of halogens is 1. The number of hydrogen-bond acceptors (Lipinski definition) is 5. The van der Waals surface area contributed by atoms with Crippen molar-refractivity contribution in [3.8, 4) is 0 Å². The Bertz CT molecular complexity index is 1030. The van der Waals surface area contributed by atoms with Gasteiger partial charge >= 0.3 is 11.7 Å². The van der Waals surface area contributed by atoms with Crippen LogP contribution in [0.25, 0.3) is 11.0 Å². The lowest BCUT2D eigenvalue weighted by molar-refractivity contribution is 0.168. The van der Waals surface area contributed by atoms with E-state index in [1.807, 2.05) is 25.2 Å². The van der Waals surface area contributed by atoms with Crippen LogP contribution in [0.15, 0.2) is 62.2 Å². The van der Waals surface area contributed by atoms with Crippen LogP contribution in [0.5, 0.6) is 0 Å². The first-order chi connectivity index (χ1) is 13.4. The van der Waals surface area contributed by atoms with E-state index in [1.54, 1.807) is 19.1 Å². The summed E-state index contributed by atoms with van der Waals surface area (Å²) < 4.78 is 11.2. The highest BCUT2D eigenvalue weighted by Gasteiger charge is 2.11. The summed E-state index contributed by atoms with van der Waals surface area (Å²) in [6.07, 6.45) is -0.547. The molecule has 1 aromatic heterocycles. The minimum Gasteiger partial charge on any atom is -0.450 e. The van der Waals surface area contributed by atoms with Crippen LogP contribution in [-0.4, -0.2) is 24.6 Å². The van der Waals surface area contributed by atoms with Gasteiger partial charge in [0.05, 0.1) is 6.61 Å². The van der Waals surface area contributed by atoms with Crippen molar-refractivity contribution in [1.29, 1.82) is 0 Å². The van der Waals surface area contributed by atoms with E-state index in [0.29, 0.717) is 17.8 Å². The third kappa shape index (κ3) is 5.21. The lowest BCUT2D eigenvalue weighted by atomic mass is 10.1. The first kappa shape index (κ1) is 20.1. The van der Waals surface area contributed by atoms with Crippen molar-refractivity contribution in [1.82, 2.24) is 4.90 Å². The quantitative estimate of drug-likeness (QED) is 0.555. The van der Waals surface area contributed by atoms with E-state index in [-0.39, 0.29) is 6.61 Å². The largest absolute Gasteiger partial charge is 0.450 e. The van der Waals surface area contributed by atoms with Crippen molar-refractivity contribution in [2.45, 2.75) is 20.0 Å². The molecular formula is C21H21BrN2O4. The molecule has 0 spiro atoms. The molecule has 3 aromatic rings. The van der Waals surface area contributed by atoms with Crippen molar-refractivity contribution < 1.29 is 13.9 Å². The highest BCUT2D eigenvalue weighted by atomic mass is 79.9. The molecule has 0 aliphatic heterocycles. The topological polar surface area (TPSA) is 71.8 Å². The van der Waals surface area contributed by atoms with Crippen molar-refractivity contribution in [3.05, 3.63) is 74.6 Å². The molecule has 146 valence electrons. The second-order valence-corrected chi connectivity index (χ2v) is 7.36. The smallest absolute Gasteiger partial charge is 0.411 e. The molecule has 1 N–H and O–H groups in total. The lowest BCUT2D eigenvalue weighted by Crippen LogP contribution is -2.18. The molecule has 0 bridgehead atoms. The van der Waals surface area contributed by atoms with Crippen molar-refractivity contribution in [3.63, 3.8) is 0 Å². The maximum atomic E-state index is 12.0. The Hall–Kier alpha value is -2.64. The van der Waals surface area contributed by atoms with Gasteiger partial charge in [0, 0.05) is 40.8 Å². The van der Waals surface area contributed by atoms with Crippen LogP contribution in [0.4, 0.5) is 10.5 Å². The first-order valence-electron chi connectivity index (χ1n) is 8.88. The van der Waals surface area contributed by atoms with Crippen LogP contribution in [-0.2, 0) is 17.8 Å². The third-order valence-electron chi connectivity index (χ3n) is 4.16. The Morgan fingerprint density at radius 2 is 1.89 bits per heavy atom. The summed E-state index contributed by atoms with van der Waals surface area (Å²) in [5.74, 6) is 0. The Balaban J connectivity index is 1.81. The summed E-state index contributed by atoms with van der Waals surface area (Å²) in [5.41, 5.74) is 2.56. The number of hydrogen-bond donors (Lipinski definition) is 1. The van der Waals surface area contributed by atoms with Gasteiger partial charge in [-0.3, -0.25) is 10.2 Å². The number of ether oxygens (including phenoxy) is 1. The molecule has 0 aliphatic rings. The number of nitrogens with one attached hydrogen (secondary N) is 1. The van der Waals surface area contributed by atoms with Crippen LogP contribution in [0, 0.1) is 0 Å². The van der Waals surface area contributed by atoms with Gasteiger partial charge in [-0.2, -0.15) is 0 Å². The van der Waals surface area contributed by atoms with E-state index in [9.17, 15) is 9.59 Å². The molecule has 0 aliphatic carbocycles. The molecule has 1 amide bonds. The summed E-state index contributed by atoms with van der Waals surface area (Å²) >= 11 is 3.44. The molecule has 0 unspecified atom stereocenters. The summed E-state index contributed by atoms with van der Waals surface area (Å²) in [7, 11) is 2.00. The third-order valence-corrected chi connectivity index (χ3v) is 4.69. The van der Waals surface area contributed by atoms with Crippen LogP contribution in [0.2, 0.25) is 0 Å². The number of fused-ring (bicyclic) bond motifs is 1.